The SMILES string of the molecule is O=C(C[C@@H]1Sc2ccccc2NC1=O)N[C@H](c1nccs1)C1CC1. The van der Waals surface area contributed by atoms with E-state index < -0.39 is 5.25 Å². The number of hydrogen-bond donors (Lipinski definition) is 2. The Morgan fingerprint density at radius 2 is 2.21 bits per heavy atom. The lowest BCUT2D eigenvalue weighted by Gasteiger charge is -2.24. The van der Waals surface area contributed by atoms with E-state index in [4.69, 9.17) is 0 Å². The lowest BCUT2D eigenvalue weighted by molar-refractivity contribution is -0.124. The molecular weight excluding hydrogens is 342 g/mol. The van der Waals surface area contributed by atoms with Gasteiger partial charge in [0.15, 0.2) is 0 Å². The van der Waals surface area contributed by atoms with Crippen LogP contribution in [0.5, 0.6) is 0 Å². The second-order valence-corrected chi connectivity index (χ2v) is 8.22. The first-order valence-corrected chi connectivity index (χ1v) is 9.72. The fourth-order valence-corrected chi connectivity index (χ4v) is 4.72. The number of thiazole rings is 1. The largest absolute Gasteiger partial charge is 0.347 e. The molecule has 2 heterocycles. The molecule has 4 rings (SSSR count). The Labute approximate surface area is 148 Å². The zero-order chi connectivity index (χ0) is 16.5. The maximum absolute atomic E-state index is 12.5. The summed E-state index contributed by atoms with van der Waals surface area (Å²) in [6.07, 6.45) is 4.19. The van der Waals surface area contributed by atoms with Gasteiger partial charge in [-0.1, -0.05) is 12.1 Å². The van der Waals surface area contributed by atoms with E-state index in [0.717, 1.165) is 28.4 Å². The highest BCUT2D eigenvalue weighted by atomic mass is 32.2. The van der Waals surface area contributed by atoms with Crippen LogP contribution in [-0.4, -0.2) is 22.0 Å². The zero-order valence-corrected chi connectivity index (χ0v) is 14.5. The van der Waals surface area contributed by atoms with Crippen molar-refractivity contribution in [2.45, 2.75) is 35.4 Å². The quantitative estimate of drug-likeness (QED) is 0.860. The first-order valence-electron chi connectivity index (χ1n) is 7.96. The molecule has 2 atom stereocenters. The van der Waals surface area contributed by atoms with Crippen molar-refractivity contribution in [3.8, 4) is 0 Å². The average Bonchev–Trinajstić information content (AvgIpc) is 3.27. The molecule has 2 amide bonds. The Morgan fingerprint density at radius 3 is 2.96 bits per heavy atom. The minimum atomic E-state index is -0.393. The number of nitrogens with one attached hydrogen (secondary N) is 2. The van der Waals surface area contributed by atoms with E-state index in [1.165, 1.54) is 11.8 Å². The predicted octanol–water partition coefficient (Wildman–Crippen LogP) is 3.21. The number of carbonyl (C=O) groups excluding carboxylic acids is 2. The van der Waals surface area contributed by atoms with Crippen molar-refractivity contribution in [1.29, 1.82) is 0 Å². The van der Waals surface area contributed by atoms with Crippen LogP contribution in [-0.2, 0) is 9.59 Å². The molecule has 0 radical (unpaired) electrons. The van der Waals surface area contributed by atoms with Crippen molar-refractivity contribution in [2.75, 3.05) is 5.32 Å². The Bertz CT molecular complexity index is 759. The maximum Gasteiger partial charge on any atom is 0.238 e. The number of rotatable bonds is 5. The molecule has 1 fully saturated rings. The topological polar surface area (TPSA) is 71.1 Å². The van der Waals surface area contributed by atoms with Gasteiger partial charge in [0.05, 0.1) is 17.0 Å². The lowest BCUT2D eigenvalue weighted by atomic mass is 10.1. The standard InChI is InChI=1S/C17H17N3O2S2/c21-14(20-15(10-5-6-10)17-18-7-8-23-17)9-13-16(22)19-11-3-1-2-4-12(11)24-13/h1-4,7-8,10,13,15H,5-6,9H2,(H,19,22)(H,20,21)/t13-,15-/m0/s1. The summed E-state index contributed by atoms with van der Waals surface area (Å²) in [6.45, 7) is 0. The third-order valence-corrected chi connectivity index (χ3v) is 6.34. The van der Waals surface area contributed by atoms with E-state index in [1.54, 1.807) is 17.5 Å². The van der Waals surface area contributed by atoms with Gasteiger partial charge < -0.3 is 10.6 Å². The van der Waals surface area contributed by atoms with Gasteiger partial charge in [-0.05, 0) is 30.9 Å². The van der Waals surface area contributed by atoms with Gasteiger partial charge in [0, 0.05) is 22.9 Å². The van der Waals surface area contributed by atoms with Gasteiger partial charge in [-0.15, -0.1) is 23.1 Å². The molecule has 24 heavy (non-hydrogen) atoms. The second-order valence-electron chi connectivity index (χ2n) is 6.05. The third-order valence-electron chi connectivity index (χ3n) is 4.20. The highest BCUT2D eigenvalue weighted by molar-refractivity contribution is 8.01. The van der Waals surface area contributed by atoms with E-state index in [0.29, 0.717) is 5.92 Å². The van der Waals surface area contributed by atoms with E-state index in [-0.39, 0.29) is 24.3 Å². The number of amides is 2. The van der Waals surface area contributed by atoms with Crippen molar-refractivity contribution in [3.63, 3.8) is 0 Å². The van der Waals surface area contributed by atoms with Gasteiger partial charge in [0.25, 0.3) is 0 Å². The highest BCUT2D eigenvalue weighted by Gasteiger charge is 2.36. The van der Waals surface area contributed by atoms with E-state index in [9.17, 15) is 9.59 Å². The Kier molecular flexibility index (Phi) is 4.28. The van der Waals surface area contributed by atoms with Crippen LogP contribution >= 0.6 is 23.1 Å². The summed E-state index contributed by atoms with van der Waals surface area (Å²) >= 11 is 3.02. The normalized spacial score (nSPS) is 20.8. The average molecular weight is 359 g/mol. The smallest absolute Gasteiger partial charge is 0.238 e. The Balaban J connectivity index is 1.42. The van der Waals surface area contributed by atoms with Crippen LogP contribution in [0.15, 0.2) is 40.7 Å². The fraction of sp³-hybridized carbons (Fsp3) is 0.353. The number of fused-ring (bicyclic) bond motifs is 1. The number of nitrogens with zero attached hydrogens (tertiary/aromatic N) is 1. The summed E-state index contributed by atoms with van der Waals surface area (Å²) in [5.41, 5.74) is 0.822. The van der Waals surface area contributed by atoms with Crippen LogP contribution in [0, 0.1) is 5.92 Å². The van der Waals surface area contributed by atoms with Gasteiger partial charge in [0.2, 0.25) is 11.8 Å². The van der Waals surface area contributed by atoms with Crippen LogP contribution in [0.2, 0.25) is 0 Å². The molecule has 0 bridgehead atoms. The minimum absolute atomic E-state index is 0.0126. The molecule has 1 saturated carbocycles. The molecule has 1 aromatic heterocycles. The van der Waals surface area contributed by atoms with Gasteiger partial charge in [0.1, 0.15) is 5.01 Å². The van der Waals surface area contributed by atoms with Crippen molar-refractivity contribution in [1.82, 2.24) is 10.3 Å². The number of carbonyl (C=O) groups is 2. The molecule has 1 aliphatic heterocycles. The van der Waals surface area contributed by atoms with Crippen LogP contribution in [0.25, 0.3) is 0 Å². The summed E-state index contributed by atoms with van der Waals surface area (Å²) in [4.78, 5) is 30.1. The molecule has 1 aliphatic carbocycles. The monoisotopic (exact) mass is 359 g/mol. The summed E-state index contributed by atoms with van der Waals surface area (Å²) in [5, 5.41) is 8.46. The minimum Gasteiger partial charge on any atom is -0.347 e. The molecule has 124 valence electrons. The first kappa shape index (κ1) is 15.7. The highest BCUT2D eigenvalue weighted by Crippen LogP contribution is 2.42. The zero-order valence-electron chi connectivity index (χ0n) is 12.9. The van der Waals surface area contributed by atoms with Crippen molar-refractivity contribution < 1.29 is 9.59 Å². The number of hydrogen-bond acceptors (Lipinski definition) is 5. The molecule has 2 aromatic rings. The number of thioether (sulfide) groups is 1. The number of benzene rings is 1. The first-order chi connectivity index (χ1) is 11.7. The summed E-state index contributed by atoms with van der Waals surface area (Å²) in [6, 6.07) is 7.66. The van der Waals surface area contributed by atoms with Crippen molar-refractivity contribution in [2.24, 2.45) is 5.92 Å². The van der Waals surface area contributed by atoms with Crippen LogP contribution in [0.3, 0.4) is 0 Å². The van der Waals surface area contributed by atoms with Gasteiger partial charge in [-0.25, -0.2) is 4.98 Å². The molecule has 0 spiro atoms. The van der Waals surface area contributed by atoms with Crippen LogP contribution < -0.4 is 10.6 Å². The van der Waals surface area contributed by atoms with Crippen molar-refractivity contribution >= 4 is 40.6 Å². The van der Waals surface area contributed by atoms with Gasteiger partial charge >= 0.3 is 0 Å². The van der Waals surface area contributed by atoms with E-state index >= 15 is 0 Å². The van der Waals surface area contributed by atoms with E-state index in [1.807, 2.05) is 29.6 Å². The van der Waals surface area contributed by atoms with E-state index in [2.05, 4.69) is 15.6 Å². The third kappa shape index (κ3) is 3.32. The van der Waals surface area contributed by atoms with Crippen molar-refractivity contribution in [3.05, 3.63) is 40.8 Å². The molecule has 2 aliphatic rings. The fourth-order valence-electron chi connectivity index (χ4n) is 2.83. The molecule has 7 heteroatoms. The Hall–Kier alpha value is -1.86. The molecule has 5 nitrogen and oxygen atoms in total. The number of anilines is 1. The van der Waals surface area contributed by atoms with Gasteiger partial charge in [-0.3, -0.25) is 9.59 Å². The van der Waals surface area contributed by atoms with Gasteiger partial charge in [-0.2, -0.15) is 0 Å². The lowest BCUT2D eigenvalue weighted by Crippen LogP contribution is -2.36. The Morgan fingerprint density at radius 1 is 1.38 bits per heavy atom. The molecule has 1 aromatic carbocycles. The predicted molar refractivity (Wildman–Crippen MR) is 95.1 cm³/mol. The number of aromatic nitrogens is 1. The summed E-state index contributed by atoms with van der Waals surface area (Å²) in [5.74, 6) is 0.286. The number of para-hydroxylation sites is 1. The molecule has 0 unspecified atom stereocenters. The molecular formula is C17H17N3O2S2. The second kappa shape index (κ2) is 6.57. The molecule has 0 saturated heterocycles. The summed E-state index contributed by atoms with van der Waals surface area (Å²) in [7, 11) is 0. The molecule has 2 N–H and O–H groups in total. The van der Waals surface area contributed by atoms with Crippen LogP contribution in [0.4, 0.5) is 5.69 Å². The maximum atomic E-state index is 12.5. The van der Waals surface area contributed by atoms with Crippen LogP contribution in [0.1, 0.15) is 30.3 Å². The summed E-state index contributed by atoms with van der Waals surface area (Å²) < 4.78 is 0.